The van der Waals surface area contributed by atoms with Crippen LogP contribution in [0.2, 0.25) is 0 Å². The number of nitrogens with zero attached hydrogens (tertiary/aromatic N) is 4. The predicted octanol–water partition coefficient (Wildman–Crippen LogP) is 3.88. The van der Waals surface area contributed by atoms with Gasteiger partial charge in [-0.3, -0.25) is 14.2 Å². The topological polar surface area (TPSA) is 93.3 Å². The number of hydrogen-bond acceptors (Lipinski definition) is 6. The summed E-state index contributed by atoms with van der Waals surface area (Å²) in [5, 5.41) is 7.61. The zero-order valence-corrected chi connectivity index (χ0v) is 18.5. The Labute approximate surface area is 185 Å². The average Bonchev–Trinajstić information content (AvgIpc) is 3.26. The molecule has 0 radical (unpaired) electrons. The van der Waals surface area contributed by atoms with Gasteiger partial charge in [0.15, 0.2) is 5.82 Å². The number of anilines is 2. The summed E-state index contributed by atoms with van der Waals surface area (Å²) >= 11 is 0. The third-order valence-electron chi connectivity index (χ3n) is 5.18. The molecule has 4 aromatic rings. The second kappa shape index (κ2) is 8.66. The highest BCUT2D eigenvalue weighted by molar-refractivity contribution is 5.95. The lowest BCUT2D eigenvalue weighted by Crippen LogP contribution is -2.27. The number of hydrogen-bond donors (Lipinski definition) is 1. The van der Waals surface area contributed by atoms with Crippen LogP contribution in [0.4, 0.5) is 11.4 Å². The highest BCUT2D eigenvalue weighted by Crippen LogP contribution is 2.27. The highest BCUT2D eigenvalue weighted by Gasteiger charge is 2.18. The molecule has 2 aromatic carbocycles. The molecule has 0 bridgehead atoms. The van der Waals surface area contributed by atoms with Gasteiger partial charge in [-0.15, -0.1) is 0 Å². The van der Waals surface area contributed by atoms with Gasteiger partial charge in [0.05, 0.1) is 11.1 Å². The van der Waals surface area contributed by atoms with Gasteiger partial charge in [-0.25, -0.2) is 0 Å². The van der Waals surface area contributed by atoms with Gasteiger partial charge < -0.3 is 14.7 Å². The number of fused-ring (bicyclic) bond motifs is 1. The lowest BCUT2D eigenvalue weighted by atomic mass is 10.1. The number of carbonyl (C=O) groups excluding carboxylic acids is 1. The monoisotopic (exact) mass is 431 g/mol. The summed E-state index contributed by atoms with van der Waals surface area (Å²) in [6, 6.07) is 16.3. The standard InChI is InChI=1S/C24H25N5O3/c1-15(2)23-26-24(32-27-23)19-13-22(31)29(20-8-6-5-7-18(19)20)14-21(30)25-16-9-11-17(12-10-16)28(3)4/h5-13,15H,14H2,1-4H3,(H,25,30). The third kappa shape index (κ3) is 4.25. The van der Waals surface area contributed by atoms with Crippen molar-refractivity contribution < 1.29 is 9.32 Å². The Balaban J connectivity index is 1.65. The van der Waals surface area contributed by atoms with Crippen LogP contribution in [0.15, 0.2) is 63.9 Å². The lowest BCUT2D eigenvalue weighted by molar-refractivity contribution is -0.116. The first-order valence-electron chi connectivity index (χ1n) is 10.4. The molecule has 0 atom stereocenters. The van der Waals surface area contributed by atoms with E-state index < -0.39 is 0 Å². The van der Waals surface area contributed by atoms with Crippen LogP contribution in [0.1, 0.15) is 25.6 Å². The number of amides is 1. The summed E-state index contributed by atoms with van der Waals surface area (Å²) in [6.45, 7) is 3.82. The van der Waals surface area contributed by atoms with Crippen LogP contribution in [0, 0.1) is 0 Å². The Kier molecular flexibility index (Phi) is 5.77. The van der Waals surface area contributed by atoms with Gasteiger partial charge >= 0.3 is 0 Å². The lowest BCUT2D eigenvalue weighted by Gasteiger charge is -2.14. The van der Waals surface area contributed by atoms with Crippen LogP contribution in [0.3, 0.4) is 0 Å². The average molecular weight is 431 g/mol. The number of nitrogens with one attached hydrogen (secondary N) is 1. The first-order chi connectivity index (χ1) is 15.3. The molecule has 164 valence electrons. The van der Waals surface area contributed by atoms with E-state index >= 15 is 0 Å². The van der Waals surface area contributed by atoms with Crippen LogP contribution in [-0.2, 0) is 11.3 Å². The minimum absolute atomic E-state index is 0.106. The highest BCUT2D eigenvalue weighted by atomic mass is 16.5. The maximum absolute atomic E-state index is 13.0. The largest absolute Gasteiger partial charge is 0.378 e. The molecule has 0 aliphatic carbocycles. The van der Waals surface area contributed by atoms with E-state index in [4.69, 9.17) is 4.52 Å². The molecule has 0 spiro atoms. The Morgan fingerprint density at radius 2 is 1.84 bits per heavy atom. The van der Waals surface area contributed by atoms with Gasteiger partial charge in [0.1, 0.15) is 6.54 Å². The van der Waals surface area contributed by atoms with Crippen molar-refractivity contribution in [3.8, 4) is 11.5 Å². The van der Waals surface area contributed by atoms with E-state index in [1.165, 1.54) is 10.6 Å². The SMILES string of the molecule is CC(C)c1noc(-c2cc(=O)n(CC(=O)Nc3ccc(N(C)C)cc3)c3ccccc23)n1. The summed E-state index contributed by atoms with van der Waals surface area (Å²) in [5.41, 5.74) is 2.56. The maximum Gasteiger partial charge on any atom is 0.258 e. The molecule has 2 heterocycles. The van der Waals surface area contributed by atoms with Crippen molar-refractivity contribution in [3.63, 3.8) is 0 Å². The van der Waals surface area contributed by atoms with Crippen molar-refractivity contribution in [3.05, 3.63) is 70.8 Å². The van der Waals surface area contributed by atoms with Crippen molar-refractivity contribution in [2.45, 2.75) is 26.3 Å². The molecular formula is C24H25N5O3. The molecule has 0 fully saturated rings. The summed E-state index contributed by atoms with van der Waals surface area (Å²) in [6.07, 6.45) is 0. The molecule has 1 N–H and O–H groups in total. The molecule has 32 heavy (non-hydrogen) atoms. The third-order valence-corrected chi connectivity index (χ3v) is 5.18. The van der Waals surface area contributed by atoms with E-state index in [0.717, 1.165) is 11.1 Å². The molecule has 8 nitrogen and oxygen atoms in total. The zero-order valence-electron chi connectivity index (χ0n) is 18.5. The Hall–Kier alpha value is -3.94. The van der Waals surface area contributed by atoms with E-state index in [-0.39, 0.29) is 23.9 Å². The Morgan fingerprint density at radius 3 is 2.50 bits per heavy atom. The second-order valence-corrected chi connectivity index (χ2v) is 8.10. The van der Waals surface area contributed by atoms with Gasteiger partial charge in [-0.05, 0) is 30.3 Å². The van der Waals surface area contributed by atoms with E-state index in [1.807, 2.05) is 75.3 Å². The van der Waals surface area contributed by atoms with Crippen LogP contribution in [0.5, 0.6) is 0 Å². The molecular weight excluding hydrogens is 406 g/mol. The van der Waals surface area contributed by atoms with Crippen molar-refractivity contribution in [2.24, 2.45) is 0 Å². The minimum atomic E-state index is -0.318. The molecule has 2 aromatic heterocycles. The second-order valence-electron chi connectivity index (χ2n) is 8.10. The Morgan fingerprint density at radius 1 is 1.12 bits per heavy atom. The fourth-order valence-electron chi connectivity index (χ4n) is 3.44. The van der Waals surface area contributed by atoms with Crippen molar-refractivity contribution in [1.82, 2.24) is 14.7 Å². The number of pyridine rings is 1. The summed E-state index contributed by atoms with van der Waals surface area (Å²) in [4.78, 5) is 32.1. The summed E-state index contributed by atoms with van der Waals surface area (Å²) in [5.74, 6) is 0.685. The van der Waals surface area contributed by atoms with Crippen LogP contribution < -0.4 is 15.8 Å². The molecule has 0 aliphatic heterocycles. The first kappa shape index (κ1) is 21.3. The van der Waals surface area contributed by atoms with E-state index in [9.17, 15) is 9.59 Å². The van der Waals surface area contributed by atoms with Crippen molar-refractivity contribution in [2.75, 3.05) is 24.3 Å². The quantitative estimate of drug-likeness (QED) is 0.498. The smallest absolute Gasteiger partial charge is 0.258 e. The molecule has 8 heteroatoms. The fraction of sp³-hybridized carbons (Fsp3) is 0.250. The van der Waals surface area contributed by atoms with Gasteiger partial charge in [-0.2, -0.15) is 4.98 Å². The van der Waals surface area contributed by atoms with Gasteiger partial charge in [0.2, 0.25) is 5.91 Å². The number of benzene rings is 2. The maximum atomic E-state index is 13.0. The Bertz CT molecular complexity index is 1320. The van der Waals surface area contributed by atoms with Crippen LogP contribution in [-0.4, -0.2) is 34.7 Å². The van der Waals surface area contributed by atoms with Gasteiger partial charge in [-0.1, -0.05) is 37.2 Å². The molecule has 0 aliphatic rings. The van der Waals surface area contributed by atoms with E-state index in [1.54, 1.807) is 6.07 Å². The number of rotatable bonds is 6. The van der Waals surface area contributed by atoms with Gasteiger partial charge in [0.25, 0.3) is 11.4 Å². The predicted molar refractivity (Wildman–Crippen MR) is 125 cm³/mol. The van der Waals surface area contributed by atoms with Crippen LogP contribution in [0.25, 0.3) is 22.4 Å². The number of para-hydroxylation sites is 1. The van der Waals surface area contributed by atoms with E-state index in [0.29, 0.717) is 28.5 Å². The summed E-state index contributed by atoms with van der Waals surface area (Å²) < 4.78 is 6.86. The summed E-state index contributed by atoms with van der Waals surface area (Å²) in [7, 11) is 3.90. The van der Waals surface area contributed by atoms with E-state index in [2.05, 4.69) is 15.5 Å². The molecule has 0 saturated heterocycles. The first-order valence-corrected chi connectivity index (χ1v) is 10.4. The minimum Gasteiger partial charge on any atom is -0.378 e. The number of aromatic nitrogens is 3. The molecule has 4 rings (SSSR count). The fourth-order valence-corrected chi connectivity index (χ4v) is 3.44. The molecule has 0 saturated carbocycles. The van der Waals surface area contributed by atoms with Gasteiger partial charge in [0, 0.05) is 42.8 Å². The molecule has 1 amide bonds. The van der Waals surface area contributed by atoms with Crippen molar-refractivity contribution >= 4 is 28.2 Å². The zero-order chi connectivity index (χ0) is 22.8. The number of carbonyl (C=O) groups is 1. The normalized spacial score (nSPS) is 11.2. The van der Waals surface area contributed by atoms with Crippen molar-refractivity contribution in [1.29, 1.82) is 0 Å². The van der Waals surface area contributed by atoms with Crippen LogP contribution >= 0.6 is 0 Å². The molecule has 0 unspecified atom stereocenters.